The number of alkyl halides is 3. The lowest BCUT2D eigenvalue weighted by atomic mass is 10.2. The van der Waals surface area contributed by atoms with E-state index in [0.717, 1.165) is 37.9 Å². The third-order valence-corrected chi connectivity index (χ3v) is 3.57. The molecule has 0 atom stereocenters. The van der Waals surface area contributed by atoms with Gasteiger partial charge in [0.1, 0.15) is 5.75 Å². The molecule has 1 aromatic rings. The predicted molar refractivity (Wildman–Crippen MR) is 76.5 cm³/mol. The van der Waals surface area contributed by atoms with E-state index in [1.165, 1.54) is 12.1 Å². The SMILES string of the molecule is CCCN(CC1CC1)C(=O)COc1ccc(C(F)(F)F)cc1. The van der Waals surface area contributed by atoms with E-state index in [4.69, 9.17) is 4.74 Å². The van der Waals surface area contributed by atoms with Crippen molar-refractivity contribution in [1.29, 1.82) is 0 Å². The molecule has 1 amide bonds. The highest BCUT2D eigenvalue weighted by atomic mass is 19.4. The largest absolute Gasteiger partial charge is 0.484 e. The number of hydrogen-bond acceptors (Lipinski definition) is 2. The maximum atomic E-state index is 12.5. The van der Waals surface area contributed by atoms with Crippen LogP contribution in [-0.2, 0) is 11.0 Å². The number of halogens is 3. The first-order valence-electron chi connectivity index (χ1n) is 7.48. The van der Waals surface area contributed by atoms with E-state index in [9.17, 15) is 18.0 Å². The van der Waals surface area contributed by atoms with Crippen molar-refractivity contribution in [2.75, 3.05) is 19.7 Å². The van der Waals surface area contributed by atoms with E-state index in [-0.39, 0.29) is 18.3 Å². The minimum atomic E-state index is -4.36. The first kappa shape index (κ1) is 16.6. The Hall–Kier alpha value is -1.72. The van der Waals surface area contributed by atoms with Crippen LogP contribution >= 0.6 is 0 Å². The topological polar surface area (TPSA) is 29.5 Å². The maximum absolute atomic E-state index is 12.5. The van der Waals surface area contributed by atoms with Crippen molar-refractivity contribution in [3.05, 3.63) is 29.8 Å². The molecule has 0 aromatic heterocycles. The number of amides is 1. The highest BCUT2D eigenvalue weighted by Gasteiger charge is 2.30. The quantitative estimate of drug-likeness (QED) is 0.767. The van der Waals surface area contributed by atoms with Gasteiger partial charge in [0, 0.05) is 13.1 Å². The molecular weight excluding hydrogens is 295 g/mol. The minimum absolute atomic E-state index is 0.117. The Bertz CT molecular complexity index is 495. The number of hydrogen-bond donors (Lipinski definition) is 0. The van der Waals surface area contributed by atoms with E-state index < -0.39 is 11.7 Å². The third kappa shape index (κ3) is 4.93. The first-order chi connectivity index (χ1) is 10.4. The second-order valence-corrected chi connectivity index (χ2v) is 5.59. The molecule has 6 heteroatoms. The van der Waals surface area contributed by atoms with Gasteiger partial charge < -0.3 is 9.64 Å². The summed E-state index contributed by atoms with van der Waals surface area (Å²) in [7, 11) is 0. The number of carbonyl (C=O) groups is 1. The van der Waals surface area contributed by atoms with Gasteiger partial charge in [-0.1, -0.05) is 6.92 Å². The zero-order valence-corrected chi connectivity index (χ0v) is 12.5. The molecule has 0 N–H and O–H groups in total. The fraction of sp³-hybridized carbons (Fsp3) is 0.562. The third-order valence-electron chi connectivity index (χ3n) is 3.57. The van der Waals surface area contributed by atoms with Gasteiger partial charge in [0.25, 0.3) is 5.91 Å². The van der Waals surface area contributed by atoms with Gasteiger partial charge in [-0.05, 0) is 49.4 Å². The molecule has 0 bridgehead atoms. The Morgan fingerprint density at radius 3 is 2.41 bits per heavy atom. The smallest absolute Gasteiger partial charge is 0.416 e. The van der Waals surface area contributed by atoms with Crippen LogP contribution in [0.1, 0.15) is 31.7 Å². The molecule has 1 aromatic carbocycles. The van der Waals surface area contributed by atoms with Crippen LogP contribution in [0.25, 0.3) is 0 Å². The van der Waals surface area contributed by atoms with Crippen molar-refractivity contribution in [2.24, 2.45) is 5.92 Å². The molecule has 0 unspecified atom stereocenters. The summed E-state index contributed by atoms with van der Waals surface area (Å²) in [6, 6.07) is 4.38. The van der Waals surface area contributed by atoms with Gasteiger partial charge in [0.15, 0.2) is 6.61 Å². The van der Waals surface area contributed by atoms with Crippen LogP contribution in [0.15, 0.2) is 24.3 Å². The Balaban J connectivity index is 1.86. The molecule has 0 radical (unpaired) electrons. The fourth-order valence-corrected chi connectivity index (χ4v) is 2.18. The van der Waals surface area contributed by atoms with Crippen molar-refractivity contribution in [2.45, 2.75) is 32.4 Å². The molecule has 1 fully saturated rings. The van der Waals surface area contributed by atoms with E-state index in [1.807, 2.05) is 6.92 Å². The summed E-state index contributed by atoms with van der Waals surface area (Å²) in [5.74, 6) is 0.749. The number of rotatable bonds is 7. The van der Waals surface area contributed by atoms with Crippen LogP contribution < -0.4 is 4.74 Å². The zero-order valence-electron chi connectivity index (χ0n) is 12.5. The summed E-state index contributed by atoms with van der Waals surface area (Å²) in [6.07, 6.45) is -1.17. The summed E-state index contributed by atoms with van der Waals surface area (Å²) in [4.78, 5) is 13.9. The highest BCUT2D eigenvalue weighted by Crippen LogP contribution is 2.31. The molecule has 0 aliphatic heterocycles. The van der Waals surface area contributed by atoms with Crippen LogP contribution in [0.3, 0.4) is 0 Å². The van der Waals surface area contributed by atoms with Crippen LogP contribution in [0.4, 0.5) is 13.2 Å². The van der Waals surface area contributed by atoms with E-state index in [0.29, 0.717) is 12.5 Å². The Kier molecular flexibility index (Phi) is 5.32. The Labute approximate surface area is 128 Å². The average Bonchev–Trinajstić information content (AvgIpc) is 3.28. The number of ether oxygens (including phenoxy) is 1. The van der Waals surface area contributed by atoms with Gasteiger partial charge in [-0.25, -0.2) is 0 Å². The van der Waals surface area contributed by atoms with E-state index >= 15 is 0 Å². The van der Waals surface area contributed by atoms with Gasteiger partial charge in [-0.2, -0.15) is 13.2 Å². The monoisotopic (exact) mass is 315 g/mol. The normalized spacial score (nSPS) is 14.7. The van der Waals surface area contributed by atoms with Crippen LogP contribution in [0.2, 0.25) is 0 Å². The van der Waals surface area contributed by atoms with Gasteiger partial charge in [0.05, 0.1) is 5.56 Å². The second kappa shape index (κ2) is 7.03. The highest BCUT2D eigenvalue weighted by molar-refractivity contribution is 5.77. The lowest BCUT2D eigenvalue weighted by Gasteiger charge is -2.22. The summed E-state index contributed by atoms with van der Waals surface area (Å²) in [6.45, 7) is 3.30. The van der Waals surface area contributed by atoms with Gasteiger partial charge in [-0.3, -0.25) is 4.79 Å². The Morgan fingerprint density at radius 1 is 1.27 bits per heavy atom. The van der Waals surface area contributed by atoms with Crippen LogP contribution in [-0.4, -0.2) is 30.5 Å². The van der Waals surface area contributed by atoms with Crippen molar-refractivity contribution in [3.8, 4) is 5.75 Å². The number of benzene rings is 1. The van der Waals surface area contributed by atoms with Crippen LogP contribution in [0, 0.1) is 5.92 Å². The number of nitrogens with zero attached hydrogens (tertiary/aromatic N) is 1. The summed E-state index contributed by atoms with van der Waals surface area (Å²) >= 11 is 0. The summed E-state index contributed by atoms with van der Waals surface area (Å²) in [5.41, 5.74) is -0.729. The molecule has 2 rings (SSSR count). The van der Waals surface area contributed by atoms with E-state index in [1.54, 1.807) is 4.90 Å². The molecule has 1 aliphatic carbocycles. The molecule has 0 spiro atoms. The molecule has 0 saturated heterocycles. The summed E-state index contributed by atoms with van der Waals surface area (Å²) in [5, 5.41) is 0. The van der Waals surface area contributed by atoms with Gasteiger partial charge in [-0.15, -0.1) is 0 Å². The standard InChI is InChI=1S/C16H20F3NO2/c1-2-9-20(10-12-3-4-12)15(21)11-22-14-7-5-13(6-8-14)16(17,18)19/h5-8,12H,2-4,9-11H2,1H3. The van der Waals surface area contributed by atoms with E-state index in [2.05, 4.69) is 0 Å². The van der Waals surface area contributed by atoms with Gasteiger partial charge >= 0.3 is 6.18 Å². The van der Waals surface area contributed by atoms with Crippen molar-refractivity contribution in [3.63, 3.8) is 0 Å². The second-order valence-electron chi connectivity index (χ2n) is 5.59. The average molecular weight is 315 g/mol. The zero-order chi connectivity index (χ0) is 16.2. The molecular formula is C16H20F3NO2. The lowest BCUT2D eigenvalue weighted by molar-refractivity contribution is -0.137. The van der Waals surface area contributed by atoms with Gasteiger partial charge in [0.2, 0.25) is 0 Å². The molecule has 3 nitrogen and oxygen atoms in total. The maximum Gasteiger partial charge on any atom is 0.416 e. The summed E-state index contributed by atoms with van der Waals surface area (Å²) < 4.78 is 42.7. The minimum Gasteiger partial charge on any atom is -0.484 e. The molecule has 122 valence electrons. The predicted octanol–water partition coefficient (Wildman–Crippen LogP) is 3.73. The lowest BCUT2D eigenvalue weighted by Crippen LogP contribution is -2.37. The number of carbonyl (C=O) groups excluding carboxylic acids is 1. The van der Waals surface area contributed by atoms with Crippen molar-refractivity contribution in [1.82, 2.24) is 4.90 Å². The van der Waals surface area contributed by atoms with Crippen molar-refractivity contribution >= 4 is 5.91 Å². The first-order valence-corrected chi connectivity index (χ1v) is 7.48. The molecule has 1 saturated carbocycles. The fourth-order valence-electron chi connectivity index (χ4n) is 2.18. The Morgan fingerprint density at radius 2 is 1.91 bits per heavy atom. The van der Waals surface area contributed by atoms with Crippen LogP contribution in [0.5, 0.6) is 5.75 Å². The molecule has 22 heavy (non-hydrogen) atoms. The molecule has 1 aliphatic rings. The molecule has 0 heterocycles. The van der Waals surface area contributed by atoms with Crippen molar-refractivity contribution < 1.29 is 22.7 Å².